The number of ether oxygens (including phenoxy) is 1. The molecule has 3 heterocycles. The molecule has 4 aromatic rings. The minimum absolute atomic E-state index is 0.0204. The maximum Gasteiger partial charge on any atom is 0.274 e. The van der Waals surface area contributed by atoms with Crippen LogP contribution in [0.15, 0.2) is 65.3 Å². The quantitative estimate of drug-likeness (QED) is 0.538. The number of fused-ring (bicyclic) bond motifs is 2. The molecule has 0 bridgehead atoms. The Labute approximate surface area is 184 Å². The van der Waals surface area contributed by atoms with Crippen LogP contribution in [0.4, 0.5) is 5.69 Å². The Morgan fingerprint density at radius 1 is 1.16 bits per heavy atom. The number of amides is 2. The van der Waals surface area contributed by atoms with Gasteiger partial charge in [0.2, 0.25) is 0 Å². The highest BCUT2D eigenvalue weighted by atomic mass is 16.5. The first kappa shape index (κ1) is 19.9. The normalized spacial score (nSPS) is 15.9. The van der Waals surface area contributed by atoms with Gasteiger partial charge in [0.25, 0.3) is 11.8 Å². The zero-order chi connectivity index (χ0) is 22.2. The molecule has 8 nitrogen and oxygen atoms in total. The van der Waals surface area contributed by atoms with Crippen LogP contribution in [0.3, 0.4) is 0 Å². The van der Waals surface area contributed by atoms with E-state index in [2.05, 4.69) is 10.5 Å². The average Bonchev–Trinajstić information content (AvgIpc) is 3.39. The van der Waals surface area contributed by atoms with Crippen molar-refractivity contribution < 1.29 is 18.8 Å². The van der Waals surface area contributed by atoms with E-state index in [4.69, 9.17) is 9.26 Å². The summed E-state index contributed by atoms with van der Waals surface area (Å²) >= 11 is 0. The molecule has 2 aromatic carbocycles. The molecule has 32 heavy (non-hydrogen) atoms. The van der Waals surface area contributed by atoms with Crippen LogP contribution in [0.5, 0.6) is 5.75 Å². The van der Waals surface area contributed by atoms with Gasteiger partial charge in [0.15, 0.2) is 5.69 Å². The van der Waals surface area contributed by atoms with Crippen LogP contribution in [-0.4, -0.2) is 41.2 Å². The van der Waals surface area contributed by atoms with Gasteiger partial charge >= 0.3 is 0 Å². The van der Waals surface area contributed by atoms with E-state index in [1.165, 1.54) is 4.90 Å². The third-order valence-electron chi connectivity index (χ3n) is 5.68. The summed E-state index contributed by atoms with van der Waals surface area (Å²) in [4.78, 5) is 27.3. The summed E-state index contributed by atoms with van der Waals surface area (Å²) in [5.74, 6) is 0.416. The number of aromatic nitrogens is 2. The van der Waals surface area contributed by atoms with Crippen molar-refractivity contribution in [2.45, 2.75) is 12.5 Å². The first-order valence-corrected chi connectivity index (χ1v) is 10.3. The topological polar surface area (TPSA) is 89.6 Å². The standard InChI is InChI=1S/C24H22N4O4/c1-27-9-8-16-11-21-22(13-20(16)27)31-14-19(24(30)28(21)2)25-23(29)18-12-17(32-26-18)10-15-6-4-3-5-7-15/h3-9,11-13,19H,10,14H2,1-2H3,(H,25,29)/t19-/m1/s1. The van der Waals surface area contributed by atoms with Gasteiger partial charge in [0, 0.05) is 44.2 Å². The number of aryl methyl sites for hydroxylation is 1. The molecule has 0 aliphatic carbocycles. The SMILES string of the molecule is CN1C(=O)[C@H](NC(=O)c2cc(Cc3ccccc3)on2)COc2cc3c(ccn3C)cc21. The summed E-state index contributed by atoms with van der Waals surface area (Å²) in [6, 6.07) is 16.3. The molecule has 1 N–H and O–H groups in total. The van der Waals surface area contributed by atoms with Crippen LogP contribution in [0.25, 0.3) is 10.9 Å². The molecular weight excluding hydrogens is 408 g/mol. The summed E-state index contributed by atoms with van der Waals surface area (Å²) in [5, 5.41) is 7.61. The van der Waals surface area contributed by atoms with E-state index in [1.54, 1.807) is 13.1 Å². The second-order valence-electron chi connectivity index (χ2n) is 7.88. The fourth-order valence-corrected chi connectivity index (χ4v) is 3.90. The maximum absolute atomic E-state index is 13.0. The van der Waals surface area contributed by atoms with Crippen molar-refractivity contribution in [1.29, 1.82) is 0 Å². The predicted molar refractivity (Wildman–Crippen MR) is 119 cm³/mol. The van der Waals surface area contributed by atoms with E-state index in [-0.39, 0.29) is 18.2 Å². The molecule has 2 aromatic heterocycles. The van der Waals surface area contributed by atoms with Crippen molar-refractivity contribution >= 4 is 28.4 Å². The third kappa shape index (κ3) is 3.60. The molecule has 162 valence electrons. The van der Waals surface area contributed by atoms with Crippen molar-refractivity contribution in [3.63, 3.8) is 0 Å². The number of carbonyl (C=O) groups excluding carboxylic acids is 2. The molecule has 0 unspecified atom stereocenters. The molecule has 8 heteroatoms. The zero-order valence-corrected chi connectivity index (χ0v) is 17.7. The molecule has 0 fully saturated rings. The van der Waals surface area contributed by atoms with Gasteiger partial charge in [-0.15, -0.1) is 0 Å². The van der Waals surface area contributed by atoms with Crippen LogP contribution in [0.1, 0.15) is 21.8 Å². The Balaban J connectivity index is 1.32. The lowest BCUT2D eigenvalue weighted by Crippen LogP contribution is -2.49. The zero-order valence-electron chi connectivity index (χ0n) is 17.7. The molecular formula is C24H22N4O4. The summed E-state index contributed by atoms with van der Waals surface area (Å²) in [6.07, 6.45) is 2.48. The van der Waals surface area contributed by atoms with Crippen molar-refractivity contribution in [1.82, 2.24) is 15.0 Å². The highest BCUT2D eigenvalue weighted by Gasteiger charge is 2.32. The maximum atomic E-state index is 13.0. The Morgan fingerprint density at radius 3 is 2.78 bits per heavy atom. The summed E-state index contributed by atoms with van der Waals surface area (Å²) in [7, 11) is 3.63. The fourth-order valence-electron chi connectivity index (χ4n) is 3.90. The van der Waals surface area contributed by atoms with Gasteiger partial charge in [-0.3, -0.25) is 9.59 Å². The Hall–Kier alpha value is -4.07. The molecule has 1 atom stereocenters. The molecule has 0 saturated carbocycles. The number of benzene rings is 2. The summed E-state index contributed by atoms with van der Waals surface area (Å²) in [5.41, 5.74) is 2.84. The van der Waals surface area contributed by atoms with Gasteiger partial charge in [-0.25, -0.2) is 0 Å². The lowest BCUT2D eigenvalue weighted by molar-refractivity contribution is -0.120. The van der Waals surface area contributed by atoms with Crippen molar-refractivity contribution in [2.75, 3.05) is 18.6 Å². The minimum atomic E-state index is -0.850. The second kappa shape index (κ2) is 7.88. The summed E-state index contributed by atoms with van der Waals surface area (Å²) < 4.78 is 13.2. The minimum Gasteiger partial charge on any atom is -0.489 e. The number of hydrogen-bond acceptors (Lipinski definition) is 5. The lowest BCUT2D eigenvalue weighted by Gasteiger charge is -2.20. The van der Waals surface area contributed by atoms with Gasteiger partial charge in [0.05, 0.1) is 11.2 Å². The van der Waals surface area contributed by atoms with Gasteiger partial charge in [-0.05, 0) is 17.7 Å². The molecule has 5 rings (SSSR count). The van der Waals surface area contributed by atoms with Crippen LogP contribution in [0, 0.1) is 0 Å². The molecule has 2 amide bonds. The molecule has 0 spiro atoms. The lowest BCUT2D eigenvalue weighted by atomic mass is 10.1. The van der Waals surface area contributed by atoms with Gasteiger partial charge in [-0.1, -0.05) is 35.5 Å². The number of rotatable bonds is 4. The first-order chi connectivity index (χ1) is 15.5. The van der Waals surface area contributed by atoms with Crippen molar-refractivity contribution in [3.05, 3.63) is 77.8 Å². The highest BCUT2D eigenvalue weighted by Crippen LogP contribution is 2.35. The Morgan fingerprint density at radius 2 is 1.97 bits per heavy atom. The monoisotopic (exact) mass is 430 g/mol. The molecule has 0 radical (unpaired) electrons. The summed E-state index contributed by atoms with van der Waals surface area (Å²) in [6.45, 7) is 0.0204. The van der Waals surface area contributed by atoms with E-state index in [0.29, 0.717) is 23.6 Å². The van der Waals surface area contributed by atoms with Crippen LogP contribution < -0.4 is 15.0 Å². The van der Waals surface area contributed by atoms with E-state index in [1.807, 2.05) is 66.3 Å². The molecule has 0 saturated heterocycles. The van der Waals surface area contributed by atoms with Gasteiger partial charge in [-0.2, -0.15) is 0 Å². The molecule has 1 aliphatic heterocycles. The largest absolute Gasteiger partial charge is 0.489 e. The van der Waals surface area contributed by atoms with E-state index < -0.39 is 11.9 Å². The van der Waals surface area contributed by atoms with E-state index >= 15 is 0 Å². The first-order valence-electron chi connectivity index (χ1n) is 10.3. The second-order valence-corrected chi connectivity index (χ2v) is 7.88. The smallest absolute Gasteiger partial charge is 0.274 e. The number of likely N-dealkylation sites (N-methyl/N-ethyl adjacent to an activating group) is 1. The third-order valence-corrected chi connectivity index (χ3v) is 5.68. The fraction of sp³-hybridized carbons (Fsp3) is 0.208. The Kier molecular flexibility index (Phi) is 4.89. The predicted octanol–water partition coefficient (Wildman–Crippen LogP) is 2.91. The van der Waals surface area contributed by atoms with Crippen LogP contribution >= 0.6 is 0 Å². The van der Waals surface area contributed by atoms with E-state index in [0.717, 1.165) is 16.5 Å². The van der Waals surface area contributed by atoms with Gasteiger partial charge in [0.1, 0.15) is 24.2 Å². The highest BCUT2D eigenvalue weighted by molar-refractivity contribution is 6.04. The van der Waals surface area contributed by atoms with Crippen LogP contribution in [-0.2, 0) is 18.3 Å². The number of hydrogen-bond donors (Lipinski definition) is 1. The number of carbonyl (C=O) groups is 2. The average molecular weight is 430 g/mol. The number of nitrogens with one attached hydrogen (secondary N) is 1. The van der Waals surface area contributed by atoms with Crippen LogP contribution in [0.2, 0.25) is 0 Å². The number of anilines is 1. The van der Waals surface area contributed by atoms with Crippen molar-refractivity contribution in [2.24, 2.45) is 7.05 Å². The number of nitrogens with zero attached hydrogens (tertiary/aromatic N) is 3. The van der Waals surface area contributed by atoms with Crippen molar-refractivity contribution in [3.8, 4) is 5.75 Å². The van der Waals surface area contributed by atoms with E-state index in [9.17, 15) is 9.59 Å². The molecule has 1 aliphatic rings. The van der Waals surface area contributed by atoms with Gasteiger partial charge < -0.3 is 24.0 Å². The Bertz CT molecular complexity index is 1310.